The summed E-state index contributed by atoms with van der Waals surface area (Å²) in [6.45, 7) is 4.59. The van der Waals surface area contributed by atoms with Gasteiger partial charge in [-0.1, -0.05) is 12.1 Å². The van der Waals surface area contributed by atoms with Gasteiger partial charge in [-0.2, -0.15) is 0 Å². The average Bonchev–Trinajstić information content (AvgIpc) is 2.69. The van der Waals surface area contributed by atoms with Crippen LogP contribution in [0.25, 0.3) is 0 Å². The molecule has 1 unspecified atom stereocenters. The number of nitrogens with zero attached hydrogens (tertiary/aromatic N) is 4. The summed E-state index contributed by atoms with van der Waals surface area (Å²) in [4.78, 5) is 14.1. The van der Waals surface area contributed by atoms with Crippen LogP contribution in [0.3, 0.4) is 0 Å². The predicted molar refractivity (Wildman–Crippen MR) is 67.5 cm³/mol. The van der Waals surface area contributed by atoms with Crippen LogP contribution >= 0.6 is 0 Å². The number of rotatable bonds is 3. The fraction of sp³-hybridized carbons (Fsp3) is 0.750. The van der Waals surface area contributed by atoms with Crippen LogP contribution in [-0.2, 0) is 17.9 Å². The van der Waals surface area contributed by atoms with E-state index in [0.29, 0.717) is 12.2 Å². The Balaban J connectivity index is 1.90. The molecule has 0 bridgehead atoms. The van der Waals surface area contributed by atoms with E-state index in [9.17, 15) is 4.79 Å². The molecular weight excluding hydrogens is 230 g/mol. The van der Waals surface area contributed by atoms with Crippen LogP contribution in [0.5, 0.6) is 0 Å². The van der Waals surface area contributed by atoms with Crippen molar-refractivity contribution in [3.05, 3.63) is 11.9 Å². The second-order valence-corrected chi connectivity index (χ2v) is 5.03. The molecule has 6 heteroatoms. The molecule has 2 rings (SSSR count). The highest BCUT2D eigenvalue weighted by molar-refractivity contribution is 5.75. The van der Waals surface area contributed by atoms with Crippen molar-refractivity contribution in [3.8, 4) is 0 Å². The number of carbonyl (C=O) groups excluding carboxylic acids is 1. The maximum absolute atomic E-state index is 12.1. The van der Waals surface area contributed by atoms with Crippen LogP contribution in [0.2, 0.25) is 0 Å². The van der Waals surface area contributed by atoms with E-state index in [1.54, 1.807) is 10.9 Å². The fourth-order valence-electron chi connectivity index (χ4n) is 2.26. The number of aromatic nitrogens is 3. The molecule has 100 valence electrons. The Bertz CT molecular complexity index is 403. The Kier molecular flexibility index (Phi) is 4.30. The van der Waals surface area contributed by atoms with Gasteiger partial charge >= 0.3 is 0 Å². The van der Waals surface area contributed by atoms with Gasteiger partial charge in [-0.15, -0.1) is 5.10 Å². The zero-order valence-electron chi connectivity index (χ0n) is 10.9. The van der Waals surface area contributed by atoms with Gasteiger partial charge < -0.3 is 10.6 Å². The normalized spacial score (nSPS) is 20.8. The summed E-state index contributed by atoms with van der Waals surface area (Å²) in [5.74, 6) is 0.843. The number of hydrogen-bond donors (Lipinski definition) is 1. The molecule has 1 fully saturated rings. The molecule has 1 aliphatic rings. The van der Waals surface area contributed by atoms with E-state index < -0.39 is 0 Å². The predicted octanol–water partition coefficient (Wildman–Crippen LogP) is 0.385. The van der Waals surface area contributed by atoms with E-state index in [-0.39, 0.29) is 12.5 Å². The third-order valence-corrected chi connectivity index (χ3v) is 3.46. The summed E-state index contributed by atoms with van der Waals surface area (Å²) in [6, 6.07) is 0. The third-order valence-electron chi connectivity index (χ3n) is 3.46. The average molecular weight is 251 g/mol. The van der Waals surface area contributed by atoms with Crippen molar-refractivity contribution in [3.63, 3.8) is 0 Å². The van der Waals surface area contributed by atoms with Crippen LogP contribution in [0, 0.1) is 5.92 Å². The molecule has 0 radical (unpaired) electrons. The van der Waals surface area contributed by atoms with E-state index in [1.165, 1.54) is 6.42 Å². The molecule has 0 saturated carbocycles. The number of likely N-dealkylation sites (tertiary alicyclic amines) is 1. The fourth-order valence-corrected chi connectivity index (χ4v) is 2.26. The SMILES string of the molecule is CC1CCCN(C(=O)Cn2cc(CN)nn2)CC1. The topological polar surface area (TPSA) is 77.0 Å². The lowest BCUT2D eigenvalue weighted by molar-refractivity contribution is -0.132. The minimum Gasteiger partial charge on any atom is -0.341 e. The highest BCUT2D eigenvalue weighted by Gasteiger charge is 2.18. The maximum atomic E-state index is 12.1. The Labute approximate surface area is 107 Å². The second-order valence-electron chi connectivity index (χ2n) is 5.03. The standard InChI is InChI=1S/C12H21N5O/c1-10-3-2-5-16(6-4-10)12(18)9-17-8-11(7-13)14-15-17/h8,10H,2-7,9,13H2,1H3. The summed E-state index contributed by atoms with van der Waals surface area (Å²) >= 11 is 0. The number of carbonyl (C=O) groups is 1. The molecule has 1 aliphatic heterocycles. The molecule has 6 nitrogen and oxygen atoms in total. The van der Waals surface area contributed by atoms with Crippen LogP contribution < -0.4 is 5.73 Å². The smallest absolute Gasteiger partial charge is 0.244 e. The molecule has 2 heterocycles. The van der Waals surface area contributed by atoms with Crippen molar-refractivity contribution in [1.29, 1.82) is 0 Å². The minimum absolute atomic E-state index is 0.123. The molecule has 0 spiro atoms. The molecule has 0 aromatic carbocycles. The molecule has 1 aromatic rings. The van der Waals surface area contributed by atoms with Crippen molar-refractivity contribution in [2.75, 3.05) is 13.1 Å². The van der Waals surface area contributed by atoms with Gasteiger partial charge in [-0.05, 0) is 25.2 Å². The van der Waals surface area contributed by atoms with E-state index in [0.717, 1.165) is 31.8 Å². The molecule has 1 saturated heterocycles. The van der Waals surface area contributed by atoms with Crippen LogP contribution in [0.1, 0.15) is 31.9 Å². The van der Waals surface area contributed by atoms with Crippen molar-refractivity contribution in [1.82, 2.24) is 19.9 Å². The Morgan fingerprint density at radius 2 is 2.33 bits per heavy atom. The van der Waals surface area contributed by atoms with Crippen molar-refractivity contribution < 1.29 is 4.79 Å². The number of amides is 1. The Morgan fingerprint density at radius 1 is 1.50 bits per heavy atom. The van der Waals surface area contributed by atoms with E-state index >= 15 is 0 Å². The molecule has 2 N–H and O–H groups in total. The lowest BCUT2D eigenvalue weighted by Crippen LogP contribution is -2.34. The summed E-state index contributed by atoms with van der Waals surface area (Å²) in [6.07, 6.45) is 5.14. The summed E-state index contributed by atoms with van der Waals surface area (Å²) in [7, 11) is 0. The molecule has 1 amide bonds. The molecular formula is C12H21N5O. The van der Waals surface area contributed by atoms with Crippen molar-refractivity contribution >= 4 is 5.91 Å². The minimum atomic E-state index is 0.123. The third kappa shape index (κ3) is 3.29. The van der Waals surface area contributed by atoms with Crippen molar-refractivity contribution in [2.24, 2.45) is 11.7 Å². The van der Waals surface area contributed by atoms with Gasteiger partial charge in [0.05, 0.1) is 11.9 Å². The quantitative estimate of drug-likeness (QED) is 0.842. The van der Waals surface area contributed by atoms with Gasteiger partial charge in [0.25, 0.3) is 0 Å². The highest BCUT2D eigenvalue weighted by atomic mass is 16.2. The molecule has 0 aliphatic carbocycles. The van der Waals surface area contributed by atoms with Gasteiger partial charge in [-0.25, -0.2) is 4.68 Å². The first kappa shape index (κ1) is 13.0. The monoisotopic (exact) mass is 251 g/mol. The van der Waals surface area contributed by atoms with Gasteiger partial charge in [-0.3, -0.25) is 4.79 Å². The number of hydrogen-bond acceptors (Lipinski definition) is 4. The van der Waals surface area contributed by atoms with Gasteiger partial charge in [0.1, 0.15) is 6.54 Å². The number of nitrogens with two attached hydrogens (primary N) is 1. The van der Waals surface area contributed by atoms with Crippen LogP contribution in [0.15, 0.2) is 6.20 Å². The lowest BCUT2D eigenvalue weighted by Gasteiger charge is -2.20. The first-order valence-electron chi connectivity index (χ1n) is 6.56. The molecule has 1 aromatic heterocycles. The highest BCUT2D eigenvalue weighted by Crippen LogP contribution is 2.16. The van der Waals surface area contributed by atoms with Crippen molar-refractivity contribution in [2.45, 2.75) is 39.3 Å². The Hall–Kier alpha value is -1.43. The van der Waals surface area contributed by atoms with E-state index in [2.05, 4.69) is 17.2 Å². The zero-order valence-corrected chi connectivity index (χ0v) is 10.9. The van der Waals surface area contributed by atoms with Crippen LogP contribution in [0.4, 0.5) is 0 Å². The van der Waals surface area contributed by atoms with Gasteiger partial charge in [0.2, 0.25) is 5.91 Å². The lowest BCUT2D eigenvalue weighted by atomic mass is 10.0. The summed E-state index contributed by atoms with van der Waals surface area (Å²) < 4.78 is 1.57. The molecule has 1 atom stereocenters. The second kappa shape index (κ2) is 5.95. The first-order chi connectivity index (χ1) is 8.69. The van der Waals surface area contributed by atoms with Gasteiger partial charge in [0.15, 0.2) is 0 Å². The molecule has 18 heavy (non-hydrogen) atoms. The summed E-state index contributed by atoms with van der Waals surface area (Å²) in [5, 5.41) is 7.78. The largest absolute Gasteiger partial charge is 0.341 e. The maximum Gasteiger partial charge on any atom is 0.244 e. The van der Waals surface area contributed by atoms with Crippen LogP contribution in [-0.4, -0.2) is 38.9 Å². The summed E-state index contributed by atoms with van der Waals surface area (Å²) in [5.41, 5.74) is 6.18. The van der Waals surface area contributed by atoms with E-state index in [1.807, 2.05) is 4.90 Å². The zero-order chi connectivity index (χ0) is 13.0. The Morgan fingerprint density at radius 3 is 3.06 bits per heavy atom. The van der Waals surface area contributed by atoms with Gasteiger partial charge in [0, 0.05) is 19.6 Å². The first-order valence-corrected chi connectivity index (χ1v) is 6.56. The van der Waals surface area contributed by atoms with E-state index in [4.69, 9.17) is 5.73 Å².